The van der Waals surface area contributed by atoms with E-state index in [1.54, 1.807) is 6.20 Å². The molecule has 0 unspecified atom stereocenters. The van der Waals surface area contributed by atoms with Gasteiger partial charge in [-0.3, -0.25) is 14.8 Å². The molecule has 2 N–H and O–H groups in total. The van der Waals surface area contributed by atoms with Crippen LogP contribution in [0.25, 0.3) is 11.3 Å². The number of hydrogen-bond donors (Lipinski definition) is 2. The molecule has 1 aromatic heterocycles. The monoisotopic (exact) mass is 324 g/mol. The van der Waals surface area contributed by atoms with Crippen molar-refractivity contribution in [3.8, 4) is 11.3 Å². The molecule has 5 nitrogen and oxygen atoms in total. The predicted molar refractivity (Wildman–Crippen MR) is 93.2 cm³/mol. The topological polar surface area (TPSA) is 61.0 Å². The van der Waals surface area contributed by atoms with Gasteiger partial charge in [0.2, 0.25) is 5.91 Å². The van der Waals surface area contributed by atoms with Gasteiger partial charge >= 0.3 is 0 Å². The SMILES string of the molecule is O=C(CCN1C[C@@H]2CC[C@H]1C2)NCc1cn[nH]c1-c1ccccc1. The van der Waals surface area contributed by atoms with Crippen LogP contribution >= 0.6 is 0 Å². The molecule has 2 aliphatic rings. The third kappa shape index (κ3) is 3.22. The molecule has 2 heterocycles. The third-order valence-electron chi connectivity index (χ3n) is 5.41. The average molecular weight is 324 g/mol. The van der Waals surface area contributed by atoms with Crippen LogP contribution in [0.2, 0.25) is 0 Å². The van der Waals surface area contributed by atoms with Crippen molar-refractivity contribution in [1.29, 1.82) is 0 Å². The number of fused-ring (bicyclic) bond motifs is 2. The van der Waals surface area contributed by atoms with Crippen LogP contribution in [0.15, 0.2) is 36.5 Å². The van der Waals surface area contributed by atoms with Crippen LogP contribution in [-0.4, -0.2) is 40.1 Å². The van der Waals surface area contributed by atoms with Crippen molar-refractivity contribution in [3.05, 3.63) is 42.1 Å². The predicted octanol–water partition coefficient (Wildman–Crippen LogP) is 2.57. The number of H-pyrrole nitrogens is 1. The van der Waals surface area contributed by atoms with Gasteiger partial charge in [0.25, 0.3) is 0 Å². The number of benzene rings is 1. The molecule has 2 bridgehead atoms. The number of rotatable bonds is 6. The normalized spacial score (nSPS) is 22.8. The van der Waals surface area contributed by atoms with E-state index in [4.69, 9.17) is 0 Å². The standard InChI is InChI=1S/C19H24N4O/c24-18(8-9-23-13-14-6-7-17(23)10-14)20-11-16-12-21-22-19(16)15-4-2-1-3-5-15/h1-5,12,14,17H,6-11,13H2,(H,20,24)(H,21,22)/t14-,17+/m1/s1. The maximum absolute atomic E-state index is 12.2. The van der Waals surface area contributed by atoms with E-state index in [0.29, 0.717) is 13.0 Å². The molecule has 1 aromatic carbocycles. The molecular weight excluding hydrogens is 300 g/mol. The smallest absolute Gasteiger partial charge is 0.221 e. The summed E-state index contributed by atoms with van der Waals surface area (Å²) in [5.74, 6) is 1.01. The summed E-state index contributed by atoms with van der Waals surface area (Å²) in [7, 11) is 0. The number of carbonyl (C=O) groups excluding carboxylic acids is 1. The van der Waals surface area contributed by atoms with Gasteiger partial charge < -0.3 is 5.32 Å². The molecule has 5 heteroatoms. The minimum Gasteiger partial charge on any atom is -0.352 e. The number of aromatic amines is 1. The Morgan fingerprint density at radius 3 is 2.92 bits per heavy atom. The molecule has 1 amide bonds. The maximum Gasteiger partial charge on any atom is 0.221 e. The molecule has 2 aromatic rings. The summed E-state index contributed by atoms with van der Waals surface area (Å²) in [4.78, 5) is 14.7. The molecule has 4 rings (SSSR count). The van der Waals surface area contributed by atoms with E-state index < -0.39 is 0 Å². The van der Waals surface area contributed by atoms with Gasteiger partial charge in [0, 0.05) is 37.7 Å². The molecule has 1 aliphatic heterocycles. The van der Waals surface area contributed by atoms with Crippen LogP contribution in [-0.2, 0) is 11.3 Å². The maximum atomic E-state index is 12.2. The Hall–Kier alpha value is -2.14. The van der Waals surface area contributed by atoms with Crippen molar-refractivity contribution in [2.24, 2.45) is 5.92 Å². The van der Waals surface area contributed by atoms with Gasteiger partial charge in [-0.25, -0.2) is 0 Å². The van der Waals surface area contributed by atoms with Crippen LogP contribution in [0, 0.1) is 5.92 Å². The van der Waals surface area contributed by atoms with Crippen LogP contribution in [0.4, 0.5) is 0 Å². The third-order valence-corrected chi connectivity index (χ3v) is 5.41. The van der Waals surface area contributed by atoms with Crippen molar-refractivity contribution in [2.45, 2.75) is 38.3 Å². The van der Waals surface area contributed by atoms with Gasteiger partial charge in [-0.15, -0.1) is 0 Å². The van der Waals surface area contributed by atoms with E-state index in [-0.39, 0.29) is 5.91 Å². The minimum absolute atomic E-state index is 0.123. The molecular formula is C19H24N4O. The molecule has 2 fully saturated rings. The molecule has 2 atom stereocenters. The lowest BCUT2D eigenvalue weighted by atomic mass is 10.1. The molecule has 1 aliphatic carbocycles. The largest absolute Gasteiger partial charge is 0.352 e. The number of piperidine rings is 1. The summed E-state index contributed by atoms with van der Waals surface area (Å²) in [5.41, 5.74) is 3.09. The highest BCUT2D eigenvalue weighted by molar-refractivity contribution is 5.76. The molecule has 0 radical (unpaired) electrons. The summed E-state index contributed by atoms with van der Waals surface area (Å²) in [5, 5.41) is 10.2. The van der Waals surface area contributed by atoms with E-state index in [1.807, 2.05) is 30.3 Å². The molecule has 1 saturated heterocycles. The fourth-order valence-corrected chi connectivity index (χ4v) is 4.13. The number of hydrogen-bond acceptors (Lipinski definition) is 3. The van der Waals surface area contributed by atoms with Gasteiger partial charge in [-0.1, -0.05) is 30.3 Å². The van der Waals surface area contributed by atoms with Gasteiger partial charge in [-0.05, 0) is 30.7 Å². The molecule has 0 spiro atoms. The first kappa shape index (κ1) is 15.4. The number of nitrogens with zero attached hydrogens (tertiary/aromatic N) is 2. The number of amides is 1. The summed E-state index contributed by atoms with van der Waals surface area (Å²) < 4.78 is 0. The lowest BCUT2D eigenvalue weighted by Crippen LogP contribution is -2.35. The molecule has 24 heavy (non-hydrogen) atoms. The van der Waals surface area contributed by atoms with E-state index in [9.17, 15) is 4.79 Å². The van der Waals surface area contributed by atoms with E-state index in [0.717, 1.165) is 35.3 Å². The summed E-state index contributed by atoms with van der Waals surface area (Å²) in [6, 6.07) is 10.8. The second-order valence-corrected chi connectivity index (χ2v) is 6.99. The Morgan fingerprint density at radius 2 is 2.17 bits per heavy atom. The highest BCUT2D eigenvalue weighted by Gasteiger charge is 2.37. The lowest BCUT2D eigenvalue weighted by molar-refractivity contribution is -0.121. The zero-order chi connectivity index (χ0) is 16.4. The number of nitrogens with one attached hydrogen (secondary N) is 2. The van der Waals surface area contributed by atoms with Crippen molar-refractivity contribution in [1.82, 2.24) is 20.4 Å². The first-order valence-corrected chi connectivity index (χ1v) is 8.88. The lowest BCUT2D eigenvalue weighted by Gasteiger charge is -2.26. The van der Waals surface area contributed by atoms with Gasteiger partial charge in [0.15, 0.2) is 0 Å². The van der Waals surface area contributed by atoms with Crippen LogP contribution < -0.4 is 5.32 Å². The first-order valence-electron chi connectivity index (χ1n) is 8.88. The van der Waals surface area contributed by atoms with Crippen LogP contribution in [0.1, 0.15) is 31.2 Å². The Bertz CT molecular complexity index is 696. The Labute approximate surface area is 142 Å². The van der Waals surface area contributed by atoms with Crippen molar-refractivity contribution in [2.75, 3.05) is 13.1 Å². The van der Waals surface area contributed by atoms with Crippen LogP contribution in [0.5, 0.6) is 0 Å². The second-order valence-electron chi connectivity index (χ2n) is 6.99. The number of carbonyl (C=O) groups is 1. The average Bonchev–Trinajstić information content (AvgIpc) is 3.35. The quantitative estimate of drug-likeness (QED) is 0.858. The zero-order valence-corrected chi connectivity index (χ0v) is 13.9. The summed E-state index contributed by atoms with van der Waals surface area (Å²) in [6.45, 7) is 2.60. The van der Waals surface area contributed by atoms with Crippen molar-refractivity contribution in [3.63, 3.8) is 0 Å². The van der Waals surface area contributed by atoms with Gasteiger partial charge in [0.1, 0.15) is 0 Å². The Balaban J connectivity index is 1.28. The Kier molecular flexibility index (Phi) is 4.34. The fourth-order valence-electron chi connectivity index (χ4n) is 4.13. The van der Waals surface area contributed by atoms with E-state index in [2.05, 4.69) is 20.4 Å². The minimum atomic E-state index is 0.123. The van der Waals surface area contributed by atoms with Gasteiger partial charge in [0.05, 0.1) is 11.9 Å². The summed E-state index contributed by atoms with van der Waals surface area (Å²) in [6.07, 6.45) is 6.43. The van der Waals surface area contributed by atoms with Crippen molar-refractivity contribution < 1.29 is 4.79 Å². The number of aromatic nitrogens is 2. The Morgan fingerprint density at radius 1 is 1.29 bits per heavy atom. The summed E-state index contributed by atoms with van der Waals surface area (Å²) >= 11 is 0. The highest BCUT2D eigenvalue weighted by Crippen LogP contribution is 2.37. The van der Waals surface area contributed by atoms with Crippen molar-refractivity contribution >= 4 is 5.91 Å². The number of likely N-dealkylation sites (tertiary alicyclic amines) is 1. The van der Waals surface area contributed by atoms with E-state index in [1.165, 1.54) is 25.8 Å². The molecule has 1 saturated carbocycles. The second kappa shape index (κ2) is 6.77. The fraction of sp³-hybridized carbons (Fsp3) is 0.474. The van der Waals surface area contributed by atoms with E-state index >= 15 is 0 Å². The van der Waals surface area contributed by atoms with Crippen LogP contribution in [0.3, 0.4) is 0 Å². The zero-order valence-electron chi connectivity index (χ0n) is 13.9. The molecule has 126 valence electrons. The first-order chi connectivity index (χ1) is 11.8. The highest BCUT2D eigenvalue weighted by atomic mass is 16.1. The van der Waals surface area contributed by atoms with Gasteiger partial charge in [-0.2, -0.15) is 5.10 Å².